The Labute approximate surface area is 125 Å². The van der Waals surface area contributed by atoms with Crippen LogP contribution in [0.25, 0.3) is 0 Å². The van der Waals surface area contributed by atoms with E-state index in [1.807, 2.05) is 0 Å². The number of aromatic nitrogens is 2. The summed E-state index contributed by atoms with van der Waals surface area (Å²) in [7, 11) is 0. The van der Waals surface area contributed by atoms with Gasteiger partial charge in [-0.3, -0.25) is 14.9 Å². The molecule has 0 saturated heterocycles. The second kappa shape index (κ2) is 6.44. The van der Waals surface area contributed by atoms with E-state index >= 15 is 0 Å². The number of carbonyl (C=O) groups excluding carboxylic acids is 2. The molecule has 0 aliphatic carbocycles. The van der Waals surface area contributed by atoms with E-state index < -0.39 is 24.0 Å². The van der Waals surface area contributed by atoms with Crippen LogP contribution in [-0.2, 0) is 9.53 Å². The molecule has 2 aromatic rings. The SMILES string of the molecule is O=C(COC(=O)c1ccc[nH]c1=O)Nc1ncc(Br)s1. The van der Waals surface area contributed by atoms with Gasteiger partial charge in [0.05, 0.1) is 9.98 Å². The summed E-state index contributed by atoms with van der Waals surface area (Å²) in [4.78, 5) is 40.7. The Hall–Kier alpha value is -2.00. The molecule has 7 nitrogen and oxygen atoms in total. The maximum atomic E-state index is 11.6. The minimum absolute atomic E-state index is 0.155. The highest BCUT2D eigenvalue weighted by molar-refractivity contribution is 9.11. The molecule has 2 heterocycles. The van der Waals surface area contributed by atoms with Gasteiger partial charge in [0.1, 0.15) is 5.56 Å². The van der Waals surface area contributed by atoms with Gasteiger partial charge in [0, 0.05) is 6.20 Å². The molecule has 9 heteroatoms. The van der Waals surface area contributed by atoms with Crippen molar-refractivity contribution in [2.75, 3.05) is 11.9 Å². The standard InChI is InChI=1S/C11H8BrN3O4S/c12-7-4-14-11(20-7)15-8(16)5-19-10(18)6-2-1-3-13-9(6)17/h1-4H,5H2,(H,13,17)(H,14,15,16). The topological polar surface area (TPSA) is 101 Å². The molecule has 0 aromatic carbocycles. The van der Waals surface area contributed by atoms with Crippen LogP contribution in [0.1, 0.15) is 10.4 Å². The van der Waals surface area contributed by atoms with Crippen molar-refractivity contribution in [3.63, 3.8) is 0 Å². The second-order valence-electron chi connectivity index (χ2n) is 3.51. The average molecular weight is 358 g/mol. The number of aromatic amines is 1. The Morgan fingerprint density at radius 3 is 2.95 bits per heavy atom. The first-order valence-corrected chi connectivity index (χ1v) is 6.93. The zero-order chi connectivity index (χ0) is 14.5. The number of carbonyl (C=O) groups is 2. The quantitative estimate of drug-likeness (QED) is 0.805. The predicted molar refractivity (Wildman–Crippen MR) is 75.8 cm³/mol. The number of ether oxygens (including phenoxy) is 1. The van der Waals surface area contributed by atoms with Crippen LogP contribution in [0.3, 0.4) is 0 Å². The number of hydrogen-bond acceptors (Lipinski definition) is 6. The minimum atomic E-state index is -0.859. The van der Waals surface area contributed by atoms with Gasteiger partial charge in [0.15, 0.2) is 11.7 Å². The molecule has 0 radical (unpaired) electrons. The number of thiazole rings is 1. The first-order valence-electron chi connectivity index (χ1n) is 5.32. The summed E-state index contributed by atoms with van der Waals surface area (Å²) in [6, 6.07) is 2.81. The van der Waals surface area contributed by atoms with Crippen LogP contribution in [0, 0.1) is 0 Å². The Balaban J connectivity index is 1.89. The summed E-state index contributed by atoms with van der Waals surface area (Å²) in [6.07, 6.45) is 2.93. The van der Waals surface area contributed by atoms with E-state index in [0.717, 1.165) is 3.79 Å². The molecule has 0 fully saturated rings. The number of nitrogens with zero attached hydrogens (tertiary/aromatic N) is 1. The Bertz CT molecular complexity index is 697. The number of rotatable bonds is 4. The lowest BCUT2D eigenvalue weighted by atomic mass is 10.3. The van der Waals surface area contributed by atoms with Gasteiger partial charge in [-0.2, -0.15) is 0 Å². The van der Waals surface area contributed by atoms with Gasteiger partial charge in [-0.15, -0.1) is 0 Å². The van der Waals surface area contributed by atoms with Gasteiger partial charge >= 0.3 is 5.97 Å². The van der Waals surface area contributed by atoms with E-state index in [2.05, 4.69) is 31.2 Å². The number of hydrogen-bond donors (Lipinski definition) is 2. The van der Waals surface area contributed by atoms with Crippen LogP contribution < -0.4 is 10.9 Å². The van der Waals surface area contributed by atoms with Gasteiger partial charge in [0.2, 0.25) is 0 Å². The van der Waals surface area contributed by atoms with Gasteiger partial charge in [-0.1, -0.05) is 11.3 Å². The molecule has 0 saturated carbocycles. The lowest BCUT2D eigenvalue weighted by Gasteiger charge is -2.03. The summed E-state index contributed by atoms with van der Waals surface area (Å²) in [5, 5.41) is 2.84. The second-order valence-corrected chi connectivity index (χ2v) is 5.92. The minimum Gasteiger partial charge on any atom is -0.452 e. The van der Waals surface area contributed by atoms with Crippen LogP contribution in [0.5, 0.6) is 0 Å². The lowest BCUT2D eigenvalue weighted by molar-refractivity contribution is -0.119. The summed E-state index contributed by atoms with van der Waals surface area (Å²) < 4.78 is 5.51. The molecule has 20 heavy (non-hydrogen) atoms. The highest BCUT2D eigenvalue weighted by Gasteiger charge is 2.14. The summed E-state index contributed by atoms with van der Waals surface area (Å²) in [5.74, 6) is -1.39. The molecule has 1 amide bonds. The normalized spacial score (nSPS) is 10.1. The third kappa shape index (κ3) is 3.75. The smallest absolute Gasteiger partial charge is 0.344 e. The Morgan fingerprint density at radius 2 is 2.30 bits per heavy atom. The van der Waals surface area contributed by atoms with E-state index in [1.54, 1.807) is 0 Å². The van der Waals surface area contributed by atoms with Crippen molar-refractivity contribution in [1.29, 1.82) is 0 Å². The van der Waals surface area contributed by atoms with Crippen molar-refractivity contribution in [2.45, 2.75) is 0 Å². The zero-order valence-electron chi connectivity index (χ0n) is 9.88. The first kappa shape index (κ1) is 14.4. The van der Waals surface area contributed by atoms with Crippen molar-refractivity contribution in [3.8, 4) is 0 Å². The largest absolute Gasteiger partial charge is 0.452 e. The molecule has 0 spiro atoms. The molecule has 0 atom stereocenters. The lowest BCUT2D eigenvalue weighted by Crippen LogP contribution is -2.24. The molecule has 104 valence electrons. The van der Waals surface area contributed by atoms with Gasteiger partial charge < -0.3 is 9.72 Å². The fourth-order valence-corrected chi connectivity index (χ4v) is 2.38. The van der Waals surface area contributed by atoms with E-state index in [-0.39, 0.29) is 5.56 Å². The van der Waals surface area contributed by atoms with Gasteiger partial charge in [-0.05, 0) is 28.1 Å². The number of nitrogens with one attached hydrogen (secondary N) is 2. The van der Waals surface area contributed by atoms with Crippen molar-refractivity contribution in [2.24, 2.45) is 0 Å². The Kier molecular flexibility index (Phi) is 4.64. The molecule has 2 aromatic heterocycles. The number of anilines is 1. The maximum Gasteiger partial charge on any atom is 0.344 e. The highest BCUT2D eigenvalue weighted by Crippen LogP contribution is 2.22. The molecule has 0 aliphatic rings. The van der Waals surface area contributed by atoms with E-state index in [4.69, 9.17) is 4.74 Å². The van der Waals surface area contributed by atoms with Crippen molar-refractivity contribution in [1.82, 2.24) is 9.97 Å². The fraction of sp³-hybridized carbons (Fsp3) is 0.0909. The summed E-state index contributed by atoms with van der Waals surface area (Å²) in [5.41, 5.74) is -0.723. The monoisotopic (exact) mass is 357 g/mol. The molecule has 0 aliphatic heterocycles. The molecule has 0 unspecified atom stereocenters. The van der Waals surface area contributed by atoms with Crippen molar-refractivity contribution >= 4 is 44.3 Å². The fourth-order valence-electron chi connectivity index (χ4n) is 1.26. The molecule has 2 rings (SSSR count). The van der Waals surface area contributed by atoms with Crippen LogP contribution in [0.15, 0.2) is 33.1 Å². The third-order valence-electron chi connectivity index (χ3n) is 2.10. The maximum absolute atomic E-state index is 11.6. The van der Waals surface area contributed by atoms with E-state index in [0.29, 0.717) is 5.13 Å². The van der Waals surface area contributed by atoms with E-state index in [1.165, 1.54) is 35.9 Å². The van der Waals surface area contributed by atoms with Crippen molar-refractivity contribution < 1.29 is 14.3 Å². The predicted octanol–water partition coefficient (Wildman–Crippen LogP) is 1.39. The van der Waals surface area contributed by atoms with Gasteiger partial charge in [-0.25, -0.2) is 9.78 Å². The zero-order valence-corrected chi connectivity index (χ0v) is 12.3. The highest BCUT2D eigenvalue weighted by atomic mass is 79.9. The number of esters is 1. The molecular weight excluding hydrogens is 350 g/mol. The molecule has 0 bridgehead atoms. The Morgan fingerprint density at radius 1 is 1.50 bits per heavy atom. The number of halogens is 1. The third-order valence-corrected chi connectivity index (χ3v) is 3.49. The summed E-state index contributed by atoms with van der Waals surface area (Å²) >= 11 is 4.43. The number of pyridine rings is 1. The molecule has 2 N–H and O–H groups in total. The number of amides is 1. The van der Waals surface area contributed by atoms with E-state index in [9.17, 15) is 14.4 Å². The van der Waals surface area contributed by atoms with Crippen molar-refractivity contribution in [3.05, 3.63) is 44.2 Å². The number of H-pyrrole nitrogens is 1. The molecular formula is C11H8BrN3O4S. The van der Waals surface area contributed by atoms with Crippen LogP contribution >= 0.6 is 27.3 Å². The van der Waals surface area contributed by atoms with Crippen LogP contribution in [0.4, 0.5) is 5.13 Å². The van der Waals surface area contributed by atoms with Gasteiger partial charge in [0.25, 0.3) is 11.5 Å². The van der Waals surface area contributed by atoms with Crippen LogP contribution in [0.2, 0.25) is 0 Å². The first-order chi connectivity index (χ1) is 9.56. The summed E-state index contributed by atoms with van der Waals surface area (Å²) in [6.45, 7) is -0.496. The average Bonchev–Trinajstić information content (AvgIpc) is 2.82. The van der Waals surface area contributed by atoms with Crippen LogP contribution in [-0.4, -0.2) is 28.5 Å².